The van der Waals surface area contributed by atoms with Crippen LogP contribution in [-0.4, -0.2) is 50.2 Å². The van der Waals surface area contributed by atoms with Crippen molar-refractivity contribution in [3.63, 3.8) is 0 Å². The van der Waals surface area contributed by atoms with Gasteiger partial charge in [0.15, 0.2) is 11.6 Å². The summed E-state index contributed by atoms with van der Waals surface area (Å²) in [6.45, 7) is 1.55. The third-order valence-corrected chi connectivity index (χ3v) is 8.81. The summed E-state index contributed by atoms with van der Waals surface area (Å²) in [4.78, 5) is 7.47. The van der Waals surface area contributed by atoms with Crippen molar-refractivity contribution in [3.8, 4) is 5.69 Å². The Morgan fingerprint density at radius 1 is 1.05 bits per heavy atom. The van der Waals surface area contributed by atoms with Crippen LogP contribution in [0.2, 0.25) is 5.02 Å². The normalized spacial score (nSPS) is 20.9. The van der Waals surface area contributed by atoms with Gasteiger partial charge < -0.3 is 4.90 Å². The number of aromatic nitrogens is 4. The molecule has 2 aliphatic carbocycles. The van der Waals surface area contributed by atoms with E-state index in [1.807, 2.05) is 21.6 Å². The van der Waals surface area contributed by atoms with Gasteiger partial charge in [0.1, 0.15) is 17.3 Å². The first-order valence-electron chi connectivity index (χ1n) is 13.1. The Hall–Kier alpha value is -2.79. The van der Waals surface area contributed by atoms with E-state index in [0.29, 0.717) is 49.1 Å². The molecule has 4 aliphatic rings. The van der Waals surface area contributed by atoms with Crippen molar-refractivity contribution in [1.82, 2.24) is 24.6 Å². The first-order valence-corrected chi connectivity index (χ1v) is 13.5. The van der Waals surface area contributed by atoms with Crippen molar-refractivity contribution in [2.75, 3.05) is 24.5 Å². The largest absolute Gasteiger partial charge is 0.355 e. The molecule has 2 saturated carbocycles. The van der Waals surface area contributed by atoms with Gasteiger partial charge in [-0.15, -0.1) is 10.2 Å². The number of nitrogens with zero attached hydrogens (tertiary/aromatic N) is 6. The molecule has 1 spiro atoms. The van der Waals surface area contributed by atoms with E-state index in [2.05, 4.69) is 15.2 Å². The Bertz CT molecular complexity index is 1430. The lowest BCUT2D eigenvalue weighted by Gasteiger charge is -2.59. The first kappa shape index (κ1) is 25.2. The fourth-order valence-corrected chi connectivity index (χ4v) is 6.72. The predicted octanol–water partition coefficient (Wildman–Crippen LogP) is 6.14. The number of anilines is 1. The van der Waals surface area contributed by atoms with E-state index < -0.39 is 29.8 Å². The molecular weight excluding hydrogens is 539 g/mol. The van der Waals surface area contributed by atoms with Gasteiger partial charge in [-0.25, -0.2) is 26.9 Å². The van der Waals surface area contributed by atoms with E-state index in [9.17, 15) is 22.0 Å². The minimum absolute atomic E-state index is 0.00400. The molecule has 4 heterocycles. The van der Waals surface area contributed by atoms with Gasteiger partial charge in [-0.3, -0.25) is 9.47 Å². The van der Waals surface area contributed by atoms with E-state index in [1.165, 1.54) is 6.07 Å². The van der Waals surface area contributed by atoms with Crippen molar-refractivity contribution in [2.24, 2.45) is 11.3 Å². The van der Waals surface area contributed by atoms with Crippen molar-refractivity contribution in [2.45, 2.75) is 57.0 Å². The Morgan fingerprint density at radius 2 is 1.82 bits per heavy atom. The summed E-state index contributed by atoms with van der Waals surface area (Å²) in [7, 11) is 0. The summed E-state index contributed by atoms with van der Waals surface area (Å²) in [5.74, 6) is -2.40. The molecule has 3 aromatic rings. The van der Waals surface area contributed by atoms with Crippen LogP contribution < -0.4 is 4.90 Å². The molecule has 0 N–H and O–H groups in total. The molecule has 0 unspecified atom stereocenters. The number of pyridine rings is 1. The number of benzene rings is 1. The zero-order valence-electron chi connectivity index (χ0n) is 20.9. The number of halogens is 6. The zero-order valence-corrected chi connectivity index (χ0v) is 21.7. The molecule has 0 amide bonds. The second kappa shape index (κ2) is 8.86. The van der Waals surface area contributed by atoms with Crippen LogP contribution in [0.25, 0.3) is 5.69 Å². The topological polar surface area (TPSA) is 50.1 Å². The lowest BCUT2D eigenvalue weighted by Crippen LogP contribution is -2.62. The minimum atomic E-state index is -2.97. The number of hydrogen-bond acceptors (Lipinski definition) is 5. The molecular formula is C27H26ClF5N6. The van der Waals surface area contributed by atoms with Gasteiger partial charge in [-0.1, -0.05) is 11.6 Å². The number of fused-ring (bicyclic) bond motifs is 3. The van der Waals surface area contributed by atoms with Gasteiger partial charge in [0, 0.05) is 41.9 Å². The van der Waals surface area contributed by atoms with E-state index in [0.717, 1.165) is 36.0 Å². The molecule has 2 aromatic heterocycles. The summed E-state index contributed by atoms with van der Waals surface area (Å²) in [6.07, 6.45) is -0.178. The fraction of sp³-hybridized carbons (Fsp3) is 0.519. The van der Waals surface area contributed by atoms with Gasteiger partial charge in [-0.05, 0) is 61.6 Å². The third kappa shape index (κ3) is 4.38. The maximum atomic E-state index is 14.7. The Labute approximate surface area is 226 Å². The molecule has 1 aromatic carbocycles. The SMILES string of the molecule is Fc1ccc(N2CC3(CC(c4nnc5n4-c4ccc(Cl)cc4CN(CC(F)(F)C4CC4)C5)C3)C2)nc1C(F)F. The van der Waals surface area contributed by atoms with Crippen LogP contribution in [0.5, 0.6) is 0 Å². The summed E-state index contributed by atoms with van der Waals surface area (Å²) in [5, 5.41) is 9.50. The third-order valence-electron chi connectivity index (χ3n) is 8.57. The van der Waals surface area contributed by atoms with Crippen LogP contribution in [-0.2, 0) is 13.1 Å². The molecule has 206 valence electrons. The lowest BCUT2D eigenvalue weighted by atomic mass is 9.57. The smallest absolute Gasteiger partial charge is 0.283 e. The van der Waals surface area contributed by atoms with Crippen molar-refractivity contribution >= 4 is 17.4 Å². The highest BCUT2D eigenvalue weighted by atomic mass is 35.5. The van der Waals surface area contributed by atoms with Crippen LogP contribution in [0.1, 0.15) is 60.9 Å². The molecule has 0 atom stereocenters. The van der Waals surface area contributed by atoms with E-state index >= 15 is 0 Å². The highest BCUT2D eigenvalue weighted by Gasteiger charge is 2.55. The Kier molecular flexibility index (Phi) is 5.72. The second-order valence-electron chi connectivity index (χ2n) is 11.6. The van der Waals surface area contributed by atoms with Crippen LogP contribution in [0, 0.1) is 17.2 Å². The summed E-state index contributed by atoms with van der Waals surface area (Å²) in [6, 6.07) is 7.99. The number of alkyl halides is 4. The predicted molar refractivity (Wildman–Crippen MR) is 134 cm³/mol. The van der Waals surface area contributed by atoms with Crippen LogP contribution in [0.3, 0.4) is 0 Å². The molecule has 39 heavy (non-hydrogen) atoms. The van der Waals surface area contributed by atoms with Crippen LogP contribution in [0.15, 0.2) is 30.3 Å². The highest BCUT2D eigenvalue weighted by molar-refractivity contribution is 6.30. The molecule has 6 nitrogen and oxygen atoms in total. The average molecular weight is 565 g/mol. The first-order chi connectivity index (χ1) is 18.6. The van der Waals surface area contributed by atoms with Crippen LogP contribution in [0.4, 0.5) is 27.8 Å². The molecule has 12 heteroatoms. The van der Waals surface area contributed by atoms with E-state index in [1.54, 1.807) is 11.0 Å². The second-order valence-corrected chi connectivity index (χ2v) is 12.0. The zero-order chi connectivity index (χ0) is 27.1. The summed E-state index contributed by atoms with van der Waals surface area (Å²) >= 11 is 6.30. The Balaban J connectivity index is 1.10. The average Bonchev–Trinajstić information content (AvgIpc) is 3.63. The number of rotatable bonds is 6. The van der Waals surface area contributed by atoms with E-state index in [-0.39, 0.29) is 24.4 Å². The molecule has 1 saturated heterocycles. The summed E-state index contributed by atoms with van der Waals surface area (Å²) in [5.41, 5.74) is 0.894. The fourth-order valence-electron chi connectivity index (χ4n) is 6.53. The molecule has 7 rings (SSSR count). The van der Waals surface area contributed by atoms with Gasteiger partial charge in [0.2, 0.25) is 0 Å². The molecule has 0 radical (unpaired) electrons. The quantitative estimate of drug-likeness (QED) is 0.337. The summed E-state index contributed by atoms with van der Waals surface area (Å²) < 4.78 is 71.3. The van der Waals surface area contributed by atoms with Crippen molar-refractivity contribution in [1.29, 1.82) is 0 Å². The maximum absolute atomic E-state index is 14.7. The van der Waals surface area contributed by atoms with Gasteiger partial charge in [0.25, 0.3) is 12.3 Å². The molecule has 0 bridgehead atoms. The van der Waals surface area contributed by atoms with Crippen LogP contribution >= 0.6 is 11.6 Å². The number of hydrogen-bond donors (Lipinski definition) is 0. The maximum Gasteiger partial charge on any atom is 0.283 e. The van der Waals surface area contributed by atoms with Crippen molar-refractivity contribution in [3.05, 3.63) is 64.1 Å². The molecule has 2 aliphatic heterocycles. The van der Waals surface area contributed by atoms with Gasteiger partial charge >= 0.3 is 0 Å². The standard InChI is InChI=1S/C27H26ClF5N6/c28-18-3-5-20-15(7-18)10-37(14-27(32,33)17-1-2-17)11-22-35-36-25(39(20)22)16-8-26(9-16)12-38(13-26)21-6-4-19(29)23(34-21)24(30)31/h3-7,16-17,24H,1-2,8-14H2. The van der Waals surface area contributed by atoms with Gasteiger partial charge in [-0.2, -0.15) is 0 Å². The minimum Gasteiger partial charge on any atom is -0.355 e. The molecule has 3 fully saturated rings. The Morgan fingerprint density at radius 3 is 2.54 bits per heavy atom. The van der Waals surface area contributed by atoms with Gasteiger partial charge in [0.05, 0.1) is 18.8 Å². The monoisotopic (exact) mass is 564 g/mol. The van der Waals surface area contributed by atoms with Crippen molar-refractivity contribution < 1.29 is 22.0 Å². The lowest BCUT2D eigenvalue weighted by molar-refractivity contribution is -0.0558. The highest BCUT2D eigenvalue weighted by Crippen LogP contribution is 2.57. The van der Waals surface area contributed by atoms with E-state index in [4.69, 9.17) is 11.6 Å².